The van der Waals surface area contributed by atoms with Crippen LogP contribution < -0.4 is 0 Å². The van der Waals surface area contributed by atoms with Gasteiger partial charge in [0, 0.05) is 37.9 Å². The van der Waals surface area contributed by atoms with E-state index in [-0.39, 0.29) is 5.91 Å². The number of carbonyl (C=O) groups excluding carboxylic acids is 1. The van der Waals surface area contributed by atoms with Crippen molar-refractivity contribution in [2.75, 3.05) is 13.1 Å². The first-order valence-electron chi connectivity index (χ1n) is 7.52. The number of likely N-dealkylation sites (tertiary alicyclic amines) is 1. The molecule has 4 rings (SSSR count). The molecule has 1 saturated heterocycles. The predicted octanol–water partition coefficient (Wildman–Crippen LogP) is 2.01. The van der Waals surface area contributed by atoms with Gasteiger partial charge in [0.15, 0.2) is 0 Å². The molecule has 0 spiro atoms. The van der Waals surface area contributed by atoms with Crippen LogP contribution in [0.5, 0.6) is 0 Å². The van der Waals surface area contributed by atoms with Gasteiger partial charge in [-0.1, -0.05) is 6.07 Å². The summed E-state index contributed by atoms with van der Waals surface area (Å²) < 4.78 is 3.97. The SMILES string of the molecule is O=C(c1cn2ccccc2n1)N1CCC[C@@H](n2ccnc2)C1. The van der Waals surface area contributed by atoms with Gasteiger partial charge in [-0.2, -0.15) is 0 Å². The molecular weight excluding hydrogens is 278 g/mol. The van der Waals surface area contributed by atoms with Crippen LogP contribution in [0.3, 0.4) is 0 Å². The molecule has 6 heteroatoms. The van der Waals surface area contributed by atoms with Gasteiger partial charge in [-0.3, -0.25) is 4.79 Å². The Balaban J connectivity index is 1.56. The van der Waals surface area contributed by atoms with Crippen LogP contribution in [0.25, 0.3) is 5.65 Å². The smallest absolute Gasteiger partial charge is 0.274 e. The Morgan fingerprint density at radius 3 is 3.05 bits per heavy atom. The van der Waals surface area contributed by atoms with Crippen molar-refractivity contribution in [3.63, 3.8) is 0 Å². The molecule has 22 heavy (non-hydrogen) atoms. The highest BCUT2D eigenvalue weighted by molar-refractivity contribution is 5.93. The number of hydrogen-bond donors (Lipinski definition) is 0. The van der Waals surface area contributed by atoms with Crippen molar-refractivity contribution in [3.05, 3.63) is 55.0 Å². The first-order chi connectivity index (χ1) is 10.8. The lowest BCUT2D eigenvalue weighted by Crippen LogP contribution is -2.40. The molecule has 4 heterocycles. The Labute approximate surface area is 128 Å². The number of aromatic nitrogens is 4. The number of nitrogens with zero attached hydrogens (tertiary/aromatic N) is 5. The quantitative estimate of drug-likeness (QED) is 0.726. The van der Waals surface area contributed by atoms with Crippen LogP contribution in [0.1, 0.15) is 29.4 Å². The molecule has 0 N–H and O–H groups in total. The number of carbonyl (C=O) groups is 1. The molecule has 0 radical (unpaired) electrons. The standard InChI is InChI=1S/C16H17N5O/c22-16(14-11-19-7-2-1-5-15(19)18-14)20-8-3-4-13(10-20)21-9-6-17-12-21/h1-2,5-7,9,11-13H,3-4,8,10H2/t13-/m1/s1. The summed E-state index contributed by atoms with van der Waals surface area (Å²) in [5.41, 5.74) is 1.31. The lowest BCUT2D eigenvalue weighted by molar-refractivity contribution is 0.0674. The van der Waals surface area contributed by atoms with E-state index in [9.17, 15) is 4.79 Å². The third kappa shape index (κ3) is 2.26. The minimum absolute atomic E-state index is 0.00788. The van der Waals surface area contributed by atoms with Gasteiger partial charge in [0.25, 0.3) is 5.91 Å². The Morgan fingerprint density at radius 1 is 1.27 bits per heavy atom. The summed E-state index contributed by atoms with van der Waals surface area (Å²) in [6.45, 7) is 1.50. The second-order valence-corrected chi connectivity index (χ2v) is 5.65. The Kier molecular flexibility index (Phi) is 3.14. The molecule has 0 unspecified atom stereocenters. The second kappa shape index (κ2) is 5.29. The summed E-state index contributed by atoms with van der Waals surface area (Å²) in [7, 11) is 0. The van der Waals surface area contributed by atoms with Gasteiger partial charge >= 0.3 is 0 Å². The van der Waals surface area contributed by atoms with E-state index in [0.29, 0.717) is 18.3 Å². The van der Waals surface area contributed by atoms with E-state index in [1.165, 1.54) is 0 Å². The molecule has 1 atom stereocenters. The van der Waals surface area contributed by atoms with Crippen molar-refractivity contribution in [1.82, 2.24) is 23.8 Å². The third-order valence-corrected chi connectivity index (χ3v) is 4.21. The maximum atomic E-state index is 12.7. The fraction of sp³-hybridized carbons (Fsp3) is 0.312. The molecule has 0 bridgehead atoms. The number of rotatable bonds is 2. The maximum absolute atomic E-state index is 12.7. The predicted molar refractivity (Wildman–Crippen MR) is 81.6 cm³/mol. The van der Waals surface area contributed by atoms with E-state index in [2.05, 4.69) is 14.5 Å². The van der Waals surface area contributed by atoms with Crippen LogP contribution >= 0.6 is 0 Å². The van der Waals surface area contributed by atoms with Crippen molar-refractivity contribution in [1.29, 1.82) is 0 Å². The highest BCUT2D eigenvalue weighted by atomic mass is 16.2. The molecule has 0 aromatic carbocycles. The minimum atomic E-state index is 0.00788. The Hall–Kier alpha value is -2.63. The zero-order chi connectivity index (χ0) is 14.9. The molecule has 0 saturated carbocycles. The monoisotopic (exact) mass is 295 g/mol. The highest BCUT2D eigenvalue weighted by Crippen LogP contribution is 2.22. The van der Waals surface area contributed by atoms with Gasteiger partial charge in [-0.05, 0) is 25.0 Å². The van der Waals surface area contributed by atoms with Crippen LogP contribution in [0.4, 0.5) is 0 Å². The van der Waals surface area contributed by atoms with Crippen LogP contribution in [-0.2, 0) is 0 Å². The topological polar surface area (TPSA) is 55.4 Å². The first-order valence-corrected chi connectivity index (χ1v) is 7.52. The average molecular weight is 295 g/mol. The molecule has 0 aliphatic carbocycles. The van der Waals surface area contributed by atoms with Crippen molar-refractivity contribution in [2.24, 2.45) is 0 Å². The third-order valence-electron chi connectivity index (χ3n) is 4.21. The van der Waals surface area contributed by atoms with E-state index >= 15 is 0 Å². The summed E-state index contributed by atoms with van der Waals surface area (Å²) in [6, 6.07) is 6.06. The summed E-state index contributed by atoms with van der Waals surface area (Å²) in [5, 5.41) is 0. The molecule has 1 aliphatic rings. The van der Waals surface area contributed by atoms with E-state index in [4.69, 9.17) is 0 Å². The first kappa shape index (κ1) is 13.1. The summed E-state index contributed by atoms with van der Waals surface area (Å²) in [6.07, 6.45) is 11.4. The van der Waals surface area contributed by atoms with Gasteiger partial charge in [-0.15, -0.1) is 0 Å². The van der Waals surface area contributed by atoms with Gasteiger partial charge in [-0.25, -0.2) is 9.97 Å². The molecule has 112 valence electrons. The fourth-order valence-electron chi connectivity index (χ4n) is 3.07. The number of pyridine rings is 1. The molecule has 3 aromatic rings. The summed E-state index contributed by atoms with van der Waals surface area (Å²) in [5.74, 6) is 0.00788. The van der Waals surface area contributed by atoms with Crippen molar-refractivity contribution in [3.8, 4) is 0 Å². The van der Waals surface area contributed by atoms with Crippen molar-refractivity contribution < 1.29 is 4.79 Å². The molecule has 3 aromatic heterocycles. The maximum Gasteiger partial charge on any atom is 0.274 e. The van der Waals surface area contributed by atoms with Crippen LogP contribution in [-0.4, -0.2) is 42.8 Å². The lowest BCUT2D eigenvalue weighted by Gasteiger charge is -2.32. The number of amides is 1. The summed E-state index contributed by atoms with van der Waals surface area (Å²) >= 11 is 0. The Morgan fingerprint density at radius 2 is 2.23 bits per heavy atom. The average Bonchev–Trinajstić information content (AvgIpc) is 3.23. The van der Waals surface area contributed by atoms with Gasteiger partial charge in [0.2, 0.25) is 0 Å². The summed E-state index contributed by atoms with van der Waals surface area (Å²) in [4.78, 5) is 23.1. The number of imidazole rings is 2. The lowest BCUT2D eigenvalue weighted by atomic mass is 10.1. The molecule has 6 nitrogen and oxygen atoms in total. The Bertz CT molecular complexity index is 759. The van der Waals surface area contributed by atoms with Crippen LogP contribution in [0, 0.1) is 0 Å². The van der Waals surface area contributed by atoms with Crippen molar-refractivity contribution in [2.45, 2.75) is 18.9 Å². The number of fused-ring (bicyclic) bond motifs is 1. The largest absolute Gasteiger partial charge is 0.335 e. The van der Waals surface area contributed by atoms with E-state index in [0.717, 1.165) is 25.0 Å². The van der Waals surface area contributed by atoms with E-state index in [1.807, 2.05) is 46.2 Å². The highest BCUT2D eigenvalue weighted by Gasteiger charge is 2.26. The second-order valence-electron chi connectivity index (χ2n) is 5.65. The normalized spacial score (nSPS) is 18.7. The van der Waals surface area contributed by atoms with Crippen molar-refractivity contribution >= 4 is 11.6 Å². The van der Waals surface area contributed by atoms with E-state index in [1.54, 1.807) is 12.4 Å². The van der Waals surface area contributed by atoms with E-state index < -0.39 is 0 Å². The minimum Gasteiger partial charge on any atom is -0.335 e. The molecular formula is C16H17N5O. The molecule has 1 aliphatic heterocycles. The zero-order valence-electron chi connectivity index (χ0n) is 12.2. The van der Waals surface area contributed by atoms with Gasteiger partial charge in [0.1, 0.15) is 11.3 Å². The van der Waals surface area contributed by atoms with Gasteiger partial charge in [0.05, 0.1) is 12.4 Å². The van der Waals surface area contributed by atoms with Crippen LogP contribution in [0.2, 0.25) is 0 Å². The fourth-order valence-corrected chi connectivity index (χ4v) is 3.07. The van der Waals surface area contributed by atoms with Crippen LogP contribution in [0.15, 0.2) is 49.3 Å². The molecule has 1 amide bonds. The van der Waals surface area contributed by atoms with Gasteiger partial charge < -0.3 is 13.9 Å². The zero-order valence-corrected chi connectivity index (χ0v) is 12.2. The molecule has 1 fully saturated rings. The number of hydrogen-bond acceptors (Lipinski definition) is 3. The number of piperidine rings is 1.